The zero-order valence-electron chi connectivity index (χ0n) is 21.4. The zero-order chi connectivity index (χ0) is 28.2. The van der Waals surface area contributed by atoms with Gasteiger partial charge in [-0.2, -0.15) is 13.2 Å². The number of benzene rings is 2. The molecule has 7 N–H and O–H groups in total. The van der Waals surface area contributed by atoms with E-state index in [9.17, 15) is 22.8 Å². The van der Waals surface area contributed by atoms with Gasteiger partial charge in [-0.25, -0.2) is 0 Å². The highest BCUT2D eigenvalue weighted by molar-refractivity contribution is 6.02. The highest BCUT2D eigenvalue weighted by Gasteiger charge is 2.30. The maximum Gasteiger partial charge on any atom is 0.416 e. The quantitative estimate of drug-likeness (QED) is 0.160. The average Bonchev–Trinajstić information content (AvgIpc) is 3.25. The number of primary amides is 1. The third-order valence-corrected chi connectivity index (χ3v) is 6.93. The molecule has 1 aromatic heterocycles. The summed E-state index contributed by atoms with van der Waals surface area (Å²) in [5.41, 5.74) is 11.8. The Morgan fingerprint density at radius 3 is 2.33 bits per heavy atom. The second-order valence-corrected chi connectivity index (χ2v) is 9.73. The number of amides is 2. The number of nitrogens with one attached hydrogen (secondary N) is 3. The van der Waals surface area contributed by atoms with Crippen molar-refractivity contribution >= 4 is 28.7 Å². The van der Waals surface area contributed by atoms with E-state index in [1.807, 2.05) is 0 Å². The molecule has 12 heteroatoms. The summed E-state index contributed by atoms with van der Waals surface area (Å²) in [6, 6.07) is 11.4. The lowest BCUT2D eigenvalue weighted by Crippen LogP contribution is -2.45. The maximum atomic E-state index is 13.4. The lowest BCUT2D eigenvalue weighted by Gasteiger charge is -2.32. The zero-order valence-corrected chi connectivity index (χ0v) is 21.4. The molecule has 0 aliphatic carbocycles. The van der Waals surface area contributed by atoms with Gasteiger partial charge in [-0.05, 0) is 61.7 Å². The van der Waals surface area contributed by atoms with Crippen molar-refractivity contribution in [3.63, 3.8) is 0 Å². The molecule has 4 rings (SSSR count). The molecule has 1 fully saturated rings. The standard InChI is InChI=1S/C27H32F3N7O2/c28-27(29,30)20-6-2-17(3-7-20)16-37-22-15-19(24(31)38)5-4-18(22)14-23(37)25(39)35-21-8-12-36(13-9-21)11-1-10-34-26(32)33/h2-7,14-15,21H,1,8-13,16H2,(H2,31,38)(H,35,39)(H4,32,33,34). The molecule has 0 radical (unpaired) electrons. The Balaban J connectivity index is 1.50. The van der Waals surface area contributed by atoms with Crippen molar-refractivity contribution in [1.29, 1.82) is 5.41 Å². The van der Waals surface area contributed by atoms with E-state index in [4.69, 9.17) is 16.9 Å². The second kappa shape index (κ2) is 11.8. The molecule has 9 nitrogen and oxygen atoms in total. The molecule has 1 aliphatic heterocycles. The number of aromatic nitrogens is 1. The maximum absolute atomic E-state index is 13.4. The number of halogens is 3. The minimum absolute atomic E-state index is 0.0252. The van der Waals surface area contributed by atoms with Crippen LogP contribution in [0.2, 0.25) is 0 Å². The largest absolute Gasteiger partial charge is 0.416 e. The van der Waals surface area contributed by atoms with Gasteiger partial charge in [0, 0.05) is 48.7 Å². The highest BCUT2D eigenvalue weighted by Crippen LogP contribution is 2.30. The van der Waals surface area contributed by atoms with Gasteiger partial charge < -0.3 is 31.6 Å². The third-order valence-electron chi connectivity index (χ3n) is 6.93. The summed E-state index contributed by atoms with van der Waals surface area (Å²) in [6.07, 6.45) is -2.04. The van der Waals surface area contributed by atoms with Crippen LogP contribution in [-0.2, 0) is 12.7 Å². The fraction of sp³-hybridized carbons (Fsp3) is 0.370. The van der Waals surface area contributed by atoms with Crippen molar-refractivity contribution in [2.45, 2.75) is 38.0 Å². The van der Waals surface area contributed by atoms with Gasteiger partial charge in [0.05, 0.1) is 5.56 Å². The van der Waals surface area contributed by atoms with E-state index in [1.165, 1.54) is 12.1 Å². The molecule has 0 bridgehead atoms. The van der Waals surface area contributed by atoms with Crippen molar-refractivity contribution in [2.75, 3.05) is 26.2 Å². The van der Waals surface area contributed by atoms with E-state index in [2.05, 4.69) is 15.5 Å². The molecule has 0 spiro atoms. The van der Waals surface area contributed by atoms with Crippen LogP contribution in [0.25, 0.3) is 10.9 Å². The Labute approximate surface area is 223 Å². The minimum Gasteiger partial charge on any atom is -0.370 e. The average molecular weight is 544 g/mol. The molecule has 0 saturated carbocycles. The van der Waals surface area contributed by atoms with E-state index in [0.717, 1.165) is 51.0 Å². The summed E-state index contributed by atoms with van der Waals surface area (Å²) in [7, 11) is 0. The number of likely N-dealkylation sites (tertiary alicyclic amines) is 1. The van der Waals surface area contributed by atoms with Crippen LogP contribution in [0.1, 0.15) is 51.2 Å². The van der Waals surface area contributed by atoms with Gasteiger partial charge >= 0.3 is 6.18 Å². The van der Waals surface area contributed by atoms with Gasteiger partial charge in [-0.1, -0.05) is 18.2 Å². The molecule has 0 unspecified atom stereocenters. The molecule has 2 heterocycles. The number of carbonyl (C=O) groups is 2. The first-order valence-corrected chi connectivity index (χ1v) is 12.7. The van der Waals surface area contributed by atoms with E-state index < -0.39 is 17.6 Å². The molecule has 39 heavy (non-hydrogen) atoms. The number of hydrogen-bond acceptors (Lipinski definition) is 4. The van der Waals surface area contributed by atoms with Crippen LogP contribution in [0, 0.1) is 5.41 Å². The van der Waals surface area contributed by atoms with Crippen molar-refractivity contribution in [1.82, 2.24) is 20.1 Å². The number of nitrogens with zero attached hydrogens (tertiary/aromatic N) is 2. The van der Waals surface area contributed by atoms with E-state index in [-0.39, 0.29) is 30.0 Å². The number of fused-ring (bicyclic) bond motifs is 1. The van der Waals surface area contributed by atoms with Gasteiger partial charge in [0.15, 0.2) is 5.96 Å². The Morgan fingerprint density at radius 1 is 1.03 bits per heavy atom. The monoisotopic (exact) mass is 543 g/mol. The molecular weight excluding hydrogens is 511 g/mol. The summed E-state index contributed by atoms with van der Waals surface area (Å²) >= 11 is 0. The van der Waals surface area contributed by atoms with Gasteiger partial charge in [-0.3, -0.25) is 15.0 Å². The van der Waals surface area contributed by atoms with Crippen molar-refractivity contribution in [3.05, 3.63) is 70.9 Å². The second-order valence-electron chi connectivity index (χ2n) is 9.73. The predicted molar refractivity (Wildman–Crippen MR) is 142 cm³/mol. The summed E-state index contributed by atoms with van der Waals surface area (Å²) in [4.78, 5) is 27.5. The van der Waals surface area contributed by atoms with Crippen LogP contribution in [-0.4, -0.2) is 59.5 Å². The molecule has 1 saturated heterocycles. The smallest absolute Gasteiger partial charge is 0.370 e. The van der Waals surface area contributed by atoms with Crippen LogP contribution in [0.5, 0.6) is 0 Å². The van der Waals surface area contributed by atoms with Crippen molar-refractivity contribution in [2.24, 2.45) is 11.5 Å². The number of piperidine rings is 1. The summed E-state index contributed by atoms with van der Waals surface area (Å²) < 4.78 is 40.8. The van der Waals surface area contributed by atoms with Crippen molar-refractivity contribution < 1.29 is 22.8 Å². The summed E-state index contributed by atoms with van der Waals surface area (Å²) in [5.74, 6) is -0.949. The molecule has 0 atom stereocenters. The van der Waals surface area contributed by atoms with Gasteiger partial charge in [0.1, 0.15) is 5.69 Å². The van der Waals surface area contributed by atoms with Crippen LogP contribution < -0.4 is 22.1 Å². The first kappa shape index (κ1) is 28.0. The molecule has 208 valence electrons. The highest BCUT2D eigenvalue weighted by atomic mass is 19.4. The van der Waals surface area contributed by atoms with Crippen LogP contribution in [0.4, 0.5) is 13.2 Å². The number of nitrogens with two attached hydrogens (primary N) is 2. The van der Waals surface area contributed by atoms with Crippen LogP contribution >= 0.6 is 0 Å². The Bertz CT molecular complexity index is 1340. The number of guanidine groups is 1. The number of carbonyl (C=O) groups excluding carboxylic acids is 2. The third kappa shape index (κ3) is 7.08. The summed E-state index contributed by atoms with van der Waals surface area (Å²) in [5, 5.41) is 13.8. The van der Waals surface area contributed by atoms with Crippen LogP contribution in [0.15, 0.2) is 48.5 Å². The number of rotatable bonds is 9. The molecule has 3 aromatic rings. The SMILES string of the molecule is N=C(N)NCCCN1CCC(NC(=O)c2cc3ccc(C(N)=O)cc3n2Cc2ccc(C(F)(F)F)cc2)CC1. The summed E-state index contributed by atoms with van der Waals surface area (Å²) in [6.45, 7) is 3.28. The lowest BCUT2D eigenvalue weighted by atomic mass is 10.0. The number of hydrogen-bond donors (Lipinski definition) is 5. The van der Waals surface area contributed by atoms with Gasteiger partial charge in [-0.15, -0.1) is 0 Å². The fourth-order valence-electron chi connectivity index (χ4n) is 4.83. The Hall–Kier alpha value is -4.06. The molecule has 1 aliphatic rings. The minimum atomic E-state index is -4.44. The molecule has 2 amide bonds. The number of alkyl halides is 3. The normalized spacial score (nSPS) is 14.8. The van der Waals surface area contributed by atoms with E-state index >= 15 is 0 Å². The Morgan fingerprint density at radius 2 is 1.72 bits per heavy atom. The first-order valence-electron chi connectivity index (χ1n) is 12.7. The van der Waals surface area contributed by atoms with E-state index in [0.29, 0.717) is 28.7 Å². The molecule has 2 aromatic carbocycles. The Kier molecular flexibility index (Phi) is 8.44. The molecular formula is C27H32F3N7O2. The van der Waals surface area contributed by atoms with Crippen molar-refractivity contribution in [3.8, 4) is 0 Å². The first-order chi connectivity index (χ1) is 18.5. The topological polar surface area (TPSA) is 142 Å². The fourth-order valence-corrected chi connectivity index (χ4v) is 4.83. The van der Waals surface area contributed by atoms with Gasteiger partial charge in [0.25, 0.3) is 5.91 Å². The predicted octanol–water partition coefficient (Wildman–Crippen LogP) is 2.87. The van der Waals surface area contributed by atoms with E-state index in [1.54, 1.807) is 28.8 Å². The van der Waals surface area contributed by atoms with Crippen LogP contribution in [0.3, 0.4) is 0 Å². The lowest BCUT2D eigenvalue weighted by molar-refractivity contribution is -0.137. The van der Waals surface area contributed by atoms with Gasteiger partial charge in [0.2, 0.25) is 5.91 Å².